The van der Waals surface area contributed by atoms with E-state index in [0.717, 1.165) is 15.9 Å². The first-order valence-corrected chi connectivity index (χ1v) is 5.96. The van der Waals surface area contributed by atoms with Crippen LogP contribution < -0.4 is 0 Å². The summed E-state index contributed by atoms with van der Waals surface area (Å²) in [4.78, 5) is 4.18. The lowest BCUT2D eigenvalue weighted by Gasteiger charge is -2.07. The molecule has 0 aliphatic heterocycles. The van der Waals surface area contributed by atoms with Crippen molar-refractivity contribution in [3.63, 3.8) is 0 Å². The standard InChI is InChI=1S/C9H9N3S.C2H6/c1-6(2)12-4-7-9(8(12)3-10)13-5-11-7;1-2/h4-6H,1-2H3;1-2H3. The maximum atomic E-state index is 8.98. The van der Waals surface area contributed by atoms with Gasteiger partial charge in [-0.3, -0.25) is 0 Å². The summed E-state index contributed by atoms with van der Waals surface area (Å²) in [5.41, 5.74) is 3.43. The molecule has 0 fully saturated rings. The van der Waals surface area contributed by atoms with E-state index in [4.69, 9.17) is 5.26 Å². The predicted molar refractivity (Wildman–Crippen MR) is 64.1 cm³/mol. The molecule has 0 bridgehead atoms. The van der Waals surface area contributed by atoms with Gasteiger partial charge in [-0.25, -0.2) is 4.98 Å². The van der Waals surface area contributed by atoms with E-state index < -0.39 is 0 Å². The average Bonchev–Trinajstić information content (AvgIpc) is 2.78. The summed E-state index contributed by atoms with van der Waals surface area (Å²) in [7, 11) is 0. The summed E-state index contributed by atoms with van der Waals surface area (Å²) in [6.07, 6.45) is 1.94. The molecule has 2 heterocycles. The summed E-state index contributed by atoms with van der Waals surface area (Å²) in [6, 6.07) is 2.54. The van der Waals surface area contributed by atoms with E-state index >= 15 is 0 Å². The fraction of sp³-hybridized carbons (Fsp3) is 0.455. The van der Waals surface area contributed by atoms with Crippen molar-refractivity contribution in [2.45, 2.75) is 33.7 Å². The van der Waals surface area contributed by atoms with E-state index in [0.29, 0.717) is 6.04 Å². The molecule has 0 radical (unpaired) electrons. The molecule has 0 amide bonds. The van der Waals surface area contributed by atoms with Crippen LogP contribution in [0.3, 0.4) is 0 Å². The number of thiazole rings is 1. The van der Waals surface area contributed by atoms with Crippen molar-refractivity contribution in [1.82, 2.24) is 9.55 Å². The third kappa shape index (κ3) is 2.02. The Kier molecular flexibility index (Phi) is 3.87. The zero-order valence-electron chi connectivity index (χ0n) is 9.48. The molecule has 0 aliphatic carbocycles. The van der Waals surface area contributed by atoms with Crippen LogP contribution in [0.1, 0.15) is 39.4 Å². The van der Waals surface area contributed by atoms with E-state index in [9.17, 15) is 0 Å². The van der Waals surface area contributed by atoms with Gasteiger partial charge in [-0.05, 0) is 13.8 Å². The lowest BCUT2D eigenvalue weighted by atomic mass is 10.3. The number of nitrogens with zero attached hydrogens (tertiary/aromatic N) is 3. The summed E-state index contributed by atoms with van der Waals surface area (Å²) in [6.45, 7) is 8.12. The third-order valence-corrected chi connectivity index (χ3v) is 2.84. The normalized spacial score (nSPS) is 9.87. The number of nitriles is 1. The van der Waals surface area contributed by atoms with Crippen molar-refractivity contribution in [3.8, 4) is 6.07 Å². The first kappa shape index (κ1) is 11.7. The van der Waals surface area contributed by atoms with Gasteiger partial charge in [0.2, 0.25) is 0 Å². The summed E-state index contributed by atoms with van der Waals surface area (Å²) in [5, 5.41) is 8.98. The largest absolute Gasteiger partial charge is 0.334 e. The van der Waals surface area contributed by atoms with Gasteiger partial charge >= 0.3 is 0 Å². The smallest absolute Gasteiger partial charge is 0.140 e. The van der Waals surface area contributed by atoms with Crippen LogP contribution in [0.25, 0.3) is 10.2 Å². The molecule has 2 aromatic heterocycles. The second-order valence-electron chi connectivity index (χ2n) is 3.16. The minimum atomic E-state index is 0.316. The molecule has 2 rings (SSSR count). The maximum absolute atomic E-state index is 8.98. The van der Waals surface area contributed by atoms with Gasteiger partial charge in [0.15, 0.2) is 0 Å². The first-order valence-electron chi connectivity index (χ1n) is 5.08. The number of hydrogen-bond acceptors (Lipinski definition) is 3. The fourth-order valence-electron chi connectivity index (χ4n) is 1.35. The molecule has 0 spiro atoms. The molecule has 0 N–H and O–H groups in total. The van der Waals surface area contributed by atoms with Crippen LogP contribution in [0.2, 0.25) is 0 Å². The van der Waals surface area contributed by atoms with Gasteiger partial charge in [0.25, 0.3) is 0 Å². The average molecular weight is 221 g/mol. The highest BCUT2D eigenvalue weighted by molar-refractivity contribution is 7.17. The lowest BCUT2D eigenvalue weighted by Crippen LogP contribution is -2.00. The van der Waals surface area contributed by atoms with Crippen molar-refractivity contribution in [3.05, 3.63) is 17.4 Å². The van der Waals surface area contributed by atoms with Gasteiger partial charge < -0.3 is 4.57 Å². The fourth-order valence-corrected chi connectivity index (χ4v) is 2.11. The molecular formula is C11H15N3S. The Morgan fingerprint density at radius 1 is 1.47 bits per heavy atom. The van der Waals surface area contributed by atoms with Gasteiger partial charge in [0, 0.05) is 12.2 Å². The van der Waals surface area contributed by atoms with Crippen LogP contribution >= 0.6 is 11.3 Å². The summed E-state index contributed by atoms with van der Waals surface area (Å²) in [5.74, 6) is 0. The Bertz CT molecular complexity index is 473. The number of aromatic nitrogens is 2. The van der Waals surface area contributed by atoms with Crippen molar-refractivity contribution in [2.75, 3.05) is 0 Å². The van der Waals surface area contributed by atoms with E-state index in [1.54, 1.807) is 5.51 Å². The third-order valence-electron chi connectivity index (χ3n) is 1.99. The van der Waals surface area contributed by atoms with Crippen molar-refractivity contribution < 1.29 is 0 Å². The lowest BCUT2D eigenvalue weighted by molar-refractivity contribution is 0.599. The van der Waals surface area contributed by atoms with E-state index in [1.807, 2.05) is 24.6 Å². The molecule has 0 unspecified atom stereocenters. The van der Waals surface area contributed by atoms with Gasteiger partial charge in [-0.1, -0.05) is 13.8 Å². The molecule has 0 aliphatic rings. The molecule has 0 saturated carbocycles. The second kappa shape index (κ2) is 4.94. The van der Waals surface area contributed by atoms with Crippen LogP contribution in [0.4, 0.5) is 0 Å². The molecule has 3 nitrogen and oxygen atoms in total. The molecular weight excluding hydrogens is 206 g/mol. The Labute approximate surface area is 94.0 Å². The topological polar surface area (TPSA) is 41.6 Å². The number of rotatable bonds is 1. The second-order valence-corrected chi connectivity index (χ2v) is 4.01. The molecule has 0 saturated heterocycles. The Morgan fingerprint density at radius 3 is 2.67 bits per heavy atom. The quantitative estimate of drug-likeness (QED) is 0.738. The van der Waals surface area contributed by atoms with Crippen LogP contribution in [0.5, 0.6) is 0 Å². The highest BCUT2D eigenvalue weighted by Crippen LogP contribution is 2.26. The summed E-state index contributed by atoms with van der Waals surface area (Å²) < 4.78 is 2.96. The van der Waals surface area contributed by atoms with Crippen LogP contribution in [0.15, 0.2) is 11.7 Å². The Hall–Kier alpha value is -1.34. The highest BCUT2D eigenvalue weighted by atomic mass is 32.1. The van der Waals surface area contributed by atoms with Gasteiger partial charge in [0.1, 0.15) is 17.3 Å². The zero-order chi connectivity index (χ0) is 11.4. The molecule has 2 aromatic rings. The molecule has 4 heteroatoms. The summed E-state index contributed by atoms with van der Waals surface area (Å²) >= 11 is 1.52. The SMILES string of the molecule is CC.CC(C)n1cc2ncsc2c1C#N. The predicted octanol–water partition coefficient (Wildman–Crippen LogP) is 3.58. The Morgan fingerprint density at radius 2 is 2.13 bits per heavy atom. The van der Waals surface area contributed by atoms with Crippen LogP contribution in [-0.4, -0.2) is 9.55 Å². The first-order chi connectivity index (χ1) is 7.24. The van der Waals surface area contributed by atoms with Crippen LogP contribution in [-0.2, 0) is 0 Å². The van der Waals surface area contributed by atoms with Crippen LogP contribution in [0, 0.1) is 11.3 Å². The Balaban J connectivity index is 0.000000531. The van der Waals surface area contributed by atoms with E-state index in [-0.39, 0.29) is 0 Å². The minimum Gasteiger partial charge on any atom is -0.334 e. The van der Waals surface area contributed by atoms with Crippen molar-refractivity contribution >= 4 is 21.6 Å². The van der Waals surface area contributed by atoms with Crippen molar-refractivity contribution in [1.29, 1.82) is 5.26 Å². The molecule has 0 aromatic carbocycles. The zero-order valence-corrected chi connectivity index (χ0v) is 10.3. The molecule has 0 atom stereocenters. The van der Waals surface area contributed by atoms with Crippen molar-refractivity contribution in [2.24, 2.45) is 0 Å². The molecule has 80 valence electrons. The number of fused-ring (bicyclic) bond motifs is 1. The minimum absolute atomic E-state index is 0.316. The molecule has 15 heavy (non-hydrogen) atoms. The monoisotopic (exact) mass is 221 g/mol. The van der Waals surface area contributed by atoms with E-state index in [2.05, 4.69) is 24.9 Å². The maximum Gasteiger partial charge on any atom is 0.140 e. The van der Waals surface area contributed by atoms with Gasteiger partial charge in [-0.2, -0.15) is 5.26 Å². The van der Waals surface area contributed by atoms with Gasteiger partial charge in [-0.15, -0.1) is 11.3 Å². The van der Waals surface area contributed by atoms with E-state index in [1.165, 1.54) is 11.3 Å². The number of hydrogen-bond donors (Lipinski definition) is 0. The highest BCUT2D eigenvalue weighted by Gasteiger charge is 2.12. The van der Waals surface area contributed by atoms with Gasteiger partial charge in [0.05, 0.1) is 10.2 Å².